The normalized spacial score (nSPS) is 17.2. The summed E-state index contributed by atoms with van der Waals surface area (Å²) in [5.74, 6) is -0.0369. The third kappa shape index (κ3) is 4.27. The summed E-state index contributed by atoms with van der Waals surface area (Å²) in [5, 5.41) is 12.9. The molecule has 2 amide bonds. The van der Waals surface area contributed by atoms with Gasteiger partial charge in [-0.25, -0.2) is 0 Å². The van der Waals surface area contributed by atoms with E-state index < -0.39 is 0 Å². The largest absolute Gasteiger partial charge is 0.331 e. The van der Waals surface area contributed by atoms with Crippen molar-refractivity contribution in [1.29, 1.82) is 0 Å². The number of carbonyl (C=O) groups is 2. The van der Waals surface area contributed by atoms with Crippen LogP contribution in [0.1, 0.15) is 44.0 Å². The second kappa shape index (κ2) is 8.40. The molecule has 138 valence electrons. The van der Waals surface area contributed by atoms with Crippen LogP contribution in [0.5, 0.6) is 0 Å². The third-order valence-electron chi connectivity index (χ3n) is 4.49. The van der Waals surface area contributed by atoms with E-state index in [1.165, 1.54) is 11.3 Å². The van der Waals surface area contributed by atoms with Gasteiger partial charge in [0, 0.05) is 24.2 Å². The van der Waals surface area contributed by atoms with Crippen molar-refractivity contribution in [2.75, 3.05) is 11.9 Å². The quantitative estimate of drug-likeness (QED) is 0.869. The van der Waals surface area contributed by atoms with Crippen LogP contribution in [0, 0.1) is 6.92 Å². The number of aromatic nitrogens is 2. The molecule has 1 unspecified atom stereocenters. The first kappa shape index (κ1) is 18.5. The molecule has 1 fully saturated rings. The van der Waals surface area contributed by atoms with Crippen LogP contribution >= 0.6 is 11.3 Å². The van der Waals surface area contributed by atoms with Crippen molar-refractivity contribution in [3.8, 4) is 10.6 Å². The fourth-order valence-electron chi connectivity index (χ4n) is 3.23. The van der Waals surface area contributed by atoms with E-state index in [-0.39, 0.29) is 17.9 Å². The maximum absolute atomic E-state index is 12.8. The van der Waals surface area contributed by atoms with Crippen molar-refractivity contribution >= 4 is 28.8 Å². The summed E-state index contributed by atoms with van der Waals surface area (Å²) in [7, 11) is 0. The van der Waals surface area contributed by atoms with E-state index in [2.05, 4.69) is 15.5 Å². The van der Waals surface area contributed by atoms with Crippen molar-refractivity contribution in [2.45, 2.75) is 52.0 Å². The zero-order valence-corrected chi connectivity index (χ0v) is 16.0. The molecule has 1 aromatic carbocycles. The number of hydrogen-bond donors (Lipinski definition) is 1. The van der Waals surface area contributed by atoms with Crippen LogP contribution in [-0.4, -0.2) is 39.5 Å². The maximum atomic E-state index is 12.8. The molecule has 1 aliphatic rings. The Morgan fingerprint density at radius 1 is 1.31 bits per heavy atom. The maximum Gasteiger partial charge on any atom is 0.247 e. The minimum atomic E-state index is -0.379. The van der Waals surface area contributed by atoms with Crippen LogP contribution in [0.15, 0.2) is 24.3 Å². The molecule has 1 atom stereocenters. The van der Waals surface area contributed by atoms with E-state index in [0.717, 1.165) is 41.3 Å². The SMILES string of the molecule is CCCC(=O)N1CCCCC1C(=O)Nc1cccc(-c2nnc(C)s2)c1. The Labute approximate surface area is 157 Å². The van der Waals surface area contributed by atoms with E-state index in [0.29, 0.717) is 18.7 Å². The van der Waals surface area contributed by atoms with Gasteiger partial charge in [0.2, 0.25) is 11.8 Å². The van der Waals surface area contributed by atoms with E-state index in [1.54, 1.807) is 4.90 Å². The average Bonchev–Trinajstić information content (AvgIpc) is 3.08. The standard InChI is InChI=1S/C19H24N4O2S/c1-3-7-17(24)23-11-5-4-10-16(23)18(25)20-15-9-6-8-14(12-15)19-22-21-13(2)26-19/h6,8-9,12,16H,3-5,7,10-11H2,1-2H3,(H,20,25). The first-order chi connectivity index (χ1) is 12.6. The summed E-state index contributed by atoms with van der Waals surface area (Å²) in [6.07, 6.45) is 3.95. The highest BCUT2D eigenvalue weighted by Gasteiger charge is 2.31. The number of piperidine rings is 1. The molecule has 6 nitrogen and oxygen atoms in total. The van der Waals surface area contributed by atoms with Crippen LogP contribution in [0.4, 0.5) is 5.69 Å². The molecule has 0 radical (unpaired) electrons. The first-order valence-corrected chi connectivity index (χ1v) is 9.91. The molecule has 3 rings (SSSR count). The molecular formula is C19H24N4O2S. The Hall–Kier alpha value is -2.28. The molecule has 2 heterocycles. The number of nitrogens with one attached hydrogen (secondary N) is 1. The molecule has 1 N–H and O–H groups in total. The van der Waals surface area contributed by atoms with Gasteiger partial charge in [0.05, 0.1) is 0 Å². The van der Waals surface area contributed by atoms with Gasteiger partial charge >= 0.3 is 0 Å². The van der Waals surface area contributed by atoms with Gasteiger partial charge in [-0.05, 0) is 44.7 Å². The molecule has 0 spiro atoms. The molecule has 0 aliphatic carbocycles. The van der Waals surface area contributed by atoms with Crippen molar-refractivity contribution < 1.29 is 9.59 Å². The van der Waals surface area contributed by atoms with Crippen molar-refractivity contribution in [2.24, 2.45) is 0 Å². The van der Waals surface area contributed by atoms with Crippen LogP contribution in [0.3, 0.4) is 0 Å². The number of hydrogen-bond acceptors (Lipinski definition) is 5. The predicted molar refractivity (Wildman–Crippen MR) is 103 cm³/mol. The molecule has 0 bridgehead atoms. The number of aryl methyl sites for hydroxylation is 1. The van der Waals surface area contributed by atoms with Gasteiger partial charge in [-0.1, -0.05) is 30.4 Å². The smallest absolute Gasteiger partial charge is 0.247 e. The highest BCUT2D eigenvalue weighted by molar-refractivity contribution is 7.14. The minimum absolute atomic E-state index is 0.0745. The second-order valence-electron chi connectivity index (χ2n) is 6.55. The molecule has 1 aromatic heterocycles. The van der Waals surface area contributed by atoms with Gasteiger partial charge < -0.3 is 10.2 Å². The van der Waals surface area contributed by atoms with E-state index in [1.807, 2.05) is 38.1 Å². The number of rotatable bonds is 5. The number of benzene rings is 1. The van der Waals surface area contributed by atoms with Gasteiger partial charge in [-0.15, -0.1) is 10.2 Å². The number of carbonyl (C=O) groups excluding carboxylic acids is 2. The van der Waals surface area contributed by atoms with E-state index >= 15 is 0 Å². The summed E-state index contributed by atoms with van der Waals surface area (Å²) in [6.45, 7) is 4.57. The monoisotopic (exact) mass is 372 g/mol. The second-order valence-corrected chi connectivity index (χ2v) is 7.73. The Bertz CT molecular complexity index is 789. The minimum Gasteiger partial charge on any atom is -0.331 e. The van der Waals surface area contributed by atoms with E-state index in [4.69, 9.17) is 0 Å². The lowest BCUT2D eigenvalue weighted by molar-refractivity contribution is -0.140. The fourth-order valence-corrected chi connectivity index (χ4v) is 3.92. The zero-order valence-electron chi connectivity index (χ0n) is 15.2. The van der Waals surface area contributed by atoms with Gasteiger partial charge in [-0.2, -0.15) is 0 Å². The molecule has 0 saturated carbocycles. The number of anilines is 1. The number of amides is 2. The molecular weight excluding hydrogens is 348 g/mol. The predicted octanol–water partition coefficient (Wildman–Crippen LogP) is 3.63. The summed E-state index contributed by atoms with van der Waals surface area (Å²) >= 11 is 1.52. The van der Waals surface area contributed by atoms with Gasteiger partial charge in [0.1, 0.15) is 16.1 Å². The van der Waals surface area contributed by atoms with Gasteiger partial charge in [0.25, 0.3) is 0 Å². The Balaban J connectivity index is 1.73. The molecule has 1 saturated heterocycles. The molecule has 1 aliphatic heterocycles. The van der Waals surface area contributed by atoms with Crippen LogP contribution in [-0.2, 0) is 9.59 Å². The summed E-state index contributed by atoms with van der Waals surface area (Å²) in [6, 6.07) is 7.22. The van der Waals surface area contributed by atoms with Crippen LogP contribution in [0.2, 0.25) is 0 Å². The van der Waals surface area contributed by atoms with Crippen molar-refractivity contribution in [1.82, 2.24) is 15.1 Å². The third-order valence-corrected chi connectivity index (χ3v) is 5.38. The fraction of sp³-hybridized carbons (Fsp3) is 0.474. The van der Waals surface area contributed by atoms with Crippen LogP contribution in [0.25, 0.3) is 10.6 Å². The van der Waals surface area contributed by atoms with Gasteiger partial charge in [0.15, 0.2) is 0 Å². The van der Waals surface area contributed by atoms with Gasteiger partial charge in [-0.3, -0.25) is 9.59 Å². The molecule has 7 heteroatoms. The van der Waals surface area contributed by atoms with Crippen molar-refractivity contribution in [3.05, 3.63) is 29.3 Å². The Morgan fingerprint density at radius 3 is 2.88 bits per heavy atom. The Kier molecular flexibility index (Phi) is 5.98. The topological polar surface area (TPSA) is 75.2 Å². The lowest BCUT2D eigenvalue weighted by atomic mass is 10.0. The number of likely N-dealkylation sites (tertiary alicyclic amines) is 1. The summed E-state index contributed by atoms with van der Waals surface area (Å²) in [5.41, 5.74) is 1.64. The number of nitrogens with zero attached hydrogens (tertiary/aromatic N) is 3. The first-order valence-electron chi connectivity index (χ1n) is 9.09. The lowest BCUT2D eigenvalue weighted by Crippen LogP contribution is -2.49. The van der Waals surface area contributed by atoms with Crippen LogP contribution < -0.4 is 5.32 Å². The summed E-state index contributed by atoms with van der Waals surface area (Å²) < 4.78 is 0. The highest BCUT2D eigenvalue weighted by Crippen LogP contribution is 2.26. The summed E-state index contributed by atoms with van der Waals surface area (Å²) in [4.78, 5) is 26.9. The van der Waals surface area contributed by atoms with E-state index in [9.17, 15) is 9.59 Å². The molecule has 26 heavy (non-hydrogen) atoms. The van der Waals surface area contributed by atoms with Crippen molar-refractivity contribution in [3.63, 3.8) is 0 Å². The highest BCUT2D eigenvalue weighted by atomic mass is 32.1. The average molecular weight is 372 g/mol. The molecule has 2 aromatic rings. The lowest BCUT2D eigenvalue weighted by Gasteiger charge is -2.34. The Morgan fingerprint density at radius 2 is 2.15 bits per heavy atom. The zero-order chi connectivity index (χ0) is 18.5.